The fourth-order valence-corrected chi connectivity index (χ4v) is 5.13. The van der Waals surface area contributed by atoms with Crippen molar-refractivity contribution in [2.24, 2.45) is 0 Å². The van der Waals surface area contributed by atoms with Crippen LogP contribution in [0.3, 0.4) is 0 Å². The van der Waals surface area contributed by atoms with E-state index in [0.717, 1.165) is 43.7 Å². The number of hydrogen-bond acceptors (Lipinski definition) is 4. The molecule has 28 heavy (non-hydrogen) atoms. The number of piperidine rings is 1. The van der Waals surface area contributed by atoms with Gasteiger partial charge in [-0.15, -0.1) is 0 Å². The number of likely N-dealkylation sites (tertiary alicyclic amines) is 1. The predicted molar refractivity (Wildman–Crippen MR) is 108 cm³/mol. The average molecular weight is 401 g/mol. The summed E-state index contributed by atoms with van der Waals surface area (Å²) in [6.07, 6.45) is 6.78. The Hall–Kier alpha value is -2.05. The lowest BCUT2D eigenvalue weighted by Crippen LogP contribution is -2.48. The van der Waals surface area contributed by atoms with Crippen LogP contribution in [0.2, 0.25) is 5.02 Å². The molecular weight excluding hydrogens is 376 g/mol. The number of carbonyl (C=O) groups is 1. The first-order valence-electron chi connectivity index (χ1n) is 10.2. The molecule has 148 valence electrons. The van der Waals surface area contributed by atoms with Gasteiger partial charge in [0.25, 0.3) is 5.91 Å². The van der Waals surface area contributed by atoms with Gasteiger partial charge in [0, 0.05) is 31.7 Å². The molecule has 4 heterocycles. The van der Waals surface area contributed by atoms with Gasteiger partial charge in [0.15, 0.2) is 0 Å². The second kappa shape index (κ2) is 7.08. The summed E-state index contributed by atoms with van der Waals surface area (Å²) in [5.41, 5.74) is 3.73. The minimum Gasteiger partial charge on any atom is -0.370 e. The number of amides is 1. The molecule has 7 heteroatoms. The van der Waals surface area contributed by atoms with Crippen LogP contribution in [0.4, 0.5) is 5.69 Å². The van der Waals surface area contributed by atoms with Crippen LogP contribution in [0.1, 0.15) is 47.3 Å². The molecule has 0 radical (unpaired) electrons. The van der Waals surface area contributed by atoms with Crippen molar-refractivity contribution in [3.8, 4) is 0 Å². The Morgan fingerprint density at radius 3 is 2.71 bits per heavy atom. The zero-order chi connectivity index (χ0) is 19.1. The lowest BCUT2D eigenvalue weighted by atomic mass is 9.83. The summed E-state index contributed by atoms with van der Waals surface area (Å²) in [4.78, 5) is 17.3. The summed E-state index contributed by atoms with van der Waals surface area (Å²) in [5.74, 6) is 0.0466. The topological polar surface area (TPSA) is 61.5 Å². The van der Waals surface area contributed by atoms with Crippen LogP contribution in [0.5, 0.6) is 0 Å². The summed E-state index contributed by atoms with van der Waals surface area (Å²) in [5, 5.41) is 8.00. The molecule has 5 rings (SSSR count). The number of fused-ring (bicyclic) bond motifs is 2. The van der Waals surface area contributed by atoms with Crippen molar-refractivity contribution in [2.75, 3.05) is 37.7 Å². The van der Waals surface area contributed by atoms with Gasteiger partial charge in [0.1, 0.15) is 5.60 Å². The molecule has 6 nitrogen and oxygen atoms in total. The van der Waals surface area contributed by atoms with Crippen molar-refractivity contribution >= 4 is 23.2 Å². The van der Waals surface area contributed by atoms with E-state index in [0.29, 0.717) is 30.3 Å². The van der Waals surface area contributed by atoms with Crippen molar-refractivity contribution in [3.63, 3.8) is 0 Å². The molecule has 1 N–H and O–H groups in total. The van der Waals surface area contributed by atoms with Crippen molar-refractivity contribution in [1.82, 2.24) is 15.1 Å². The Morgan fingerprint density at radius 1 is 1.18 bits per heavy atom. The third kappa shape index (κ3) is 2.99. The molecule has 1 spiro atoms. The first-order chi connectivity index (χ1) is 13.7. The highest BCUT2D eigenvalue weighted by Gasteiger charge is 2.43. The number of aromatic nitrogens is 2. The molecule has 2 aromatic rings. The van der Waals surface area contributed by atoms with Gasteiger partial charge in [-0.2, -0.15) is 5.10 Å². The number of halogens is 1. The van der Waals surface area contributed by atoms with E-state index in [4.69, 9.17) is 16.3 Å². The highest BCUT2D eigenvalue weighted by atomic mass is 35.5. The van der Waals surface area contributed by atoms with Crippen LogP contribution >= 0.6 is 11.6 Å². The van der Waals surface area contributed by atoms with Crippen molar-refractivity contribution in [3.05, 3.63) is 46.2 Å². The largest absolute Gasteiger partial charge is 0.370 e. The Kier molecular flexibility index (Phi) is 4.56. The quantitative estimate of drug-likeness (QED) is 0.839. The van der Waals surface area contributed by atoms with Gasteiger partial charge in [-0.25, -0.2) is 0 Å². The first-order valence-corrected chi connectivity index (χ1v) is 10.5. The predicted octanol–water partition coefficient (Wildman–Crippen LogP) is 3.37. The number of anilines is 1. The standard InChI is InChI=1S/C21H25ClN4O2/c22-17-13-15(3-4-18(17)25-8-1-2-9-25)20(27)26-10-6-21(7-11-26)19-16(5-12-28-21)14-23-24-19/h3-4,13-14H,1-2,5-12H2,(H,23,24). The molecule has 1 amide bonds. The molecule has 1 aromatic heterocycles. The van der Waals surface area contributed by atoms with Gasteiger partial charge in [0.2, 0.25) is 0 Å². The molecule has 3 aliphatic heterocycles. The third-order valence-corrected chi connectivity index (χ3v) is 6.73. The minimum absolute atomic E-state index is 0.0466. The Labute approximate surface area is 169 Å². The summed E-state index contributed by atoms with van der Waals surface area (Å²) in [7, 11) is 0. The summed E-state index contributed by atoms with van der Waals surface area (Å²) >= 11 is 6.51. The fourth-order valence-electron chi connectivity index (χ4n) is 4.83. The number of rotatable bonds is 2. The number of nitrogens with one attached hydrogen (secondary N) is 1. The zero-order valence-corrected chi connectivity index (χ0v) is 16.7. The van der Waals surface area contributed by atoms with Crippen molar-refractivity contribution < 1.29 is 9.53 Å². The van der Waals surface area contributed by atoms with Crippen LogP contribution in [0, 0.1) is 0 Å². The molecule has 0 bridgehead atoms. The van der Waals surface area contributed by atoms with Crippen molar-refractivity contribution in [2.45, 2.75) is 37.7 Å². The van der Waals surface area contributed by atoms with Gasteiger partial charge >= 0.3 is 0 Å². The molecule has 0 atom stereocenters. The van der Waals surface area contributed by atoms with Gasteiger partial charge in [-0.3, -0.25) is 9.89 Å². The second-order valence-corrected chi connectivity index (χ2v) is 8.42. The maximum absolute atomic E-state index is 13.0. The van der Waals surface area contributed by atoms with E-state index in [1.54, 1.807) is 0 Å². The minimum atomic E-state index is -0.321. The molecule has 0 aliphatic carbocycles. The highest BCUT2D eigenvalue weighted by Crippen LogP contribution is 2.40. The number of nitrogens with zero attached hydrogens (tertiary/aromatic N) is 3. The van der Waals surface area contributed by atoms with Gasteiger partial charge in [0.05, 0.1) is 29.2 Å². The average Bonchev–Trinajstić information content (AvgIpc) is 3.41. The Balaban J connectivity index is 1.30. The second-order valence-electron chi connectivity index (χ2n) is 8.02. The molecule has 2 fully saturated rings. The first kappa shape index (κ1) is 18.0. The number of ether oxygens (including phenoxy) is 1. The van der Waals surface area contributed by atoms with Crippen LogP contribution < -0.4 is 4.90 Å². The normalized spacial score (nSPS) is 21.2. The van der Waals surface area contributed by atoms with E-state index in [9.17, 15) is 4.79 Å². The van der Waals surface area contributed by atoms with E-state index in [1.165, 1.54) is 18.4 Å². The molecule has 0 saturated carbocycles. The van der Waals surface area contributed by atoms with E-state index >= 15 is 0 Å². The van der Waals surface area contributed by atoms with E-state index < -0.39 is 0 Å². The van der Waals surface area contributed by atoms with Crippen LogP contribution in [0.25, 0.3) is 0 Å². The van der Waals surface area contributed by atoms with Gasteiger partial charge < -0.3 is 14.5 Å². The molecule has 1 aromatic carbocycles. The van der Waals surface area contributed by atoms with Gasteiger partial charge in [-0.1, -0.05) is 11.6 Å². The number of hydrogen-bond donors (Lipinski definition) is 1. The van der Waals surface area contributed by atoms with Crippen molar-refractivity contribution in [1.29, 1.82) is 0 Å². The molecule has 2 saturated heterocycles. The van der Waals surface area contributed by atoms with E-state index in [1.807, 2.05) is 29.3 Å². The van der Waals surface area contributed by atoms with Crippen LogP contribution in [0.15, 0.2) is 24.4 Å². The number of aromatic amines is 1. The van der Waals surface area contributed by atoms with Crippen LogP contribution in [-0.2, 0) is 16.8 Å². The number of H-pyrrole nitrogens is 1. The maximum Gasteiger partial charge on any atom is 0.253 e. The van der Waals surface area contributed by atoms with Gasteiger partial charge in [-0.05, 0) is 55.9 Å². The smallest absolute Gasteiger partial charge is 0.253 e. The van der Waals surface area contributed by atoms with Crippen LogP contribution in [-0.4, -0.2) is 53.8 Å². The van der Waals surface area contributed by atoms with E-state index in [-0.39, 0.29) is 11.5 Å². The summed E-state index contributed by atoms with van der Waals surface area (Å²) in [6, 6.07) is 5.73. The lowest BCUT2D eigenvalue weighted by Gasteiger charge is -2.43. The number of carbonyl (C=O) groups excluding carboxylic acids is 1. The SMILES string of the molecule is O=C(c1ccc(N2CCCC2)c(Cl)c1)N1CCC2(CC1)OCCc1cn[nH]c12. The zero-order valence-electron chi connectivity index (χ0n) is 15.9. The monoisotopic (exact) mass is 400 g/mol. The maximum atomic E-state index is 13.0. The molecule has 3 aliphatic rings. The molecule has 0 unspecified atom stereocenters. The number of benzene rings is 1. The Morgan fingerprint density at radius 2 is 1.96 bits per heavy atom. The fraction of sp³-hybridized carbons (Fsp3) is 0.524. The van der Waals surface area contributed by atoms with E-state index in [2.05, 4.69) is 15.1 Å². The third-order valence-electron chi connectivity index (χ3n) is 6.42. The summed E-state index contributed by atoms with van der Waals surface area (Å²) < 4.78 is 6.18. The molecular formula is C21H25ClN4O2. The highest BCUT2D eigenvalue weighted by molar-refractivity contribution is 6.33. The lowest BCUT2D eigenvalue weighted by molar-refractivity contribution is -0.0962. The Bertz CT molecular complexity index is 882. The summed E-state index contributed by atoms with van der Waals surface area (Å²) in [6.45, 7) is 4.13.